The molecule has 5 heteroatoms. The zero-order valence-corrected chi connectivity index (χ0v) is 10.7. The van der Waals surface area contributed by atoms with Crippen molar-refractivity contribution in [3.05, 3.63) is 27.8 Å². The first-order valence-corrected chi connectivity index (χ1v) is 5.55. The first-order chi connectivity index (χ1) is 7.09. The molecule has 0 saturated heterocycles. The number of hydrogen-bond donors (Lipinski definition) is 0. The largest absolute Gasteiger partial charge is 0.361 e. The van der Waals surface area contributed by atoms with E-state index in [1.807, 2.05) is 31.1 Å². The van der Waals surface area contributed by atoms with Gasteiger partial charge >= 0.3 is 0 Å². The molecule has 3 nitrogen and oxygen atoms in total. The molecule has 1 aromatic heterocycles. The van der Waals surface area contributed by atoms with E-state index in [1.54, 1.807) is 6.20 Å². The monoisotopic (exact) mass is 285 g/mol. The fraction of sp³-hybridized carbons (Fsp3) is 0.200. The molecule has 0 atom stereocenters. The second kappa shape index (κ2) is 3.94. The van der Waals surface area contributed by atoms with Crippen molar-refractivity contribution in [3.8, 4) is 0 Å². The van der Waals surface area contributed by atoms with Gasteiger partial charge in [-0.25, -0.2) is 4.98 Å². The van der Waals surface area contributed by atoms with Gasteiger partial charge in [0, 0.05) is 18.6 Å². The second-order valence-electron chi connectivity index (χ2n) is 3.35. The van der Waals surface area contributed by atoms with Crippen LogP contribution in [-0.4, -0.2) is 24.1 Å². The van der Waals surface area contributed by atoms with Crippen molar-refractivity contribution < 1.29 is 0 Å². The van der Waals surface area contributed by atoms with E-state index in [1.165, 1.54) is 0 Å². The number of rotatable bonds is 1. The highest BCUT2D eigenvalue weighted by Gasteiger charge is 2.07. The molecule has 0 aliphatic heterocycles. The van der Waals surface area contributed by atoms with Crippen LogP contribution in [0.1, 0.15) is 0 Å². The average Bonchev–Trinajstić information content (AvgIpc) is 2.23. The Labute approximate surface area is 101 Å². The lowest BCUT2D eigenvalue weighted by atomic mass is 10.3. The minimum atomic E-state index is 0.601. The summed E-state index contributed by atoms with van der Waals surface area (Å²) in [5.41, 5.74) is 1.52. The summed E-state index contributed by atoms with van der Waals surface area (Å²) in [4.78, 5) is 10.6. The summed E-state index contributed by atoms with van der Waals surface area (Å²) in [6, 6.07) is 3.76. The fourth-order valence-corrected chi connectivity index (χ4v) is 1.75. The van der Waals surface area contributed by atoms with Crippen molar-refractivity contribution in [2.45, 2.75) is 0 Å². The van der Waals surface area contributed by atoms with E-state index >= 15 is 0 Å². The van der Waals surface area contributed by atoms with Gasteiger partial charge in [-0.1, -0.05) is 11.6 Å². The summed E-state index contributed by atoms with van der Waals surface area (Å²) in [6.45, 7) is 0. The van der Waals surface area contributed by atoms with E-state index in [9.17, 15) is 0 Å². The van der Waals surface area contributed by atoms with Gasteiger partial charge in [-0.05, 0) is 28.1 Å². The number of halogens is 2. The highest BCUT2D eigenvalue weighted by atomic mass is 79.9. The Balaban J connectivity index is 2.73. The van der Waals surface area contributed by atoms with Crippen molar-refractivity contribution in [1.29, 1.82) is 0 Å². The van der Waals surface area contributed by atoms with Gasteiger partial charge in [-0.3, -0.25) is 4.98 Å². The van der Waals surface area contributed by atoms with Crippen molar-refractivity contribution in [3.63, 3.8) is 0 Å². The molecule has 2 aromatic rings. The number of fused-ring (bicyclic) bond motifs is 1. The van der Waals surface area contributed by atoms with Crippen molar-refractivity contribution in [1.82, 2.24) is 9.97 Å². The highest BCUT2D eigenvalue weighted by molar-refractivity contribution is 9.10. The van der Waals surface area contributed by atoms with E-state index in [2.05, 4.69) is 25.9 Å². The van der Waals surface area contributed by atoms with Gasteiger partial charge in [0.05, 0.1) is 16.7 Å². The van der Waals surface area contributed by atoms with E-state index in [0.29, 0.717) is 5.02 Å². The van der Waals surface area contributed by atoms with Crippen LogP contribution in [0.15, 0.2) is 22.8 Å². The van der Waals surface area contributed by atoms with Crippen molar-refractivity contribution in [2.75, 3.05) is 19.0 Å². The van der Waals surface area contributed by atoms with Crippen LogP contribution in [0.4, 0.5) is 5.82 Å². The van der Waals surface area contributed by atoms with E-state index in [4.69, 9.17) is 11.6 Å². The Morgan fingerprint density at radius 3 is 2.73 bits per heavy atom. The average molecular weight is 287 g/mol. The molecule has 1 aromatic carbocycles. The Morgan fingerprint density at radius 1 is 1.33 bits per heavy atom. The Morgan fingerprint density at radius 2 is 2.07 bits per heavy atom. The van der Waals surface area contributed by atoms with Gasteiger partial charge in [0.25, 0.3) is 0 Å². The zero-order valence-electron chi connectivity index (χ0n) is 8.33. The molecule has 78 valence electrons. The van der Waals surface area contributed by atoms with Gasteiger partial charge in [0.15, 0.2) is 0 Å². The molecule has 15 heavy (non-hydrogen) atoms. The third-order valence-corrected chi connectivity index (χ3v) is 3.32. The van der Waals surface area contributed by atoms with Crippen LogP contribution >= 0.6 is 27.5 Å². The van der Waals surface area contributed by atoms with Gasteiger partial charge in [0.2, 0.25) is 0 Å². The fourth-order valence-electron chi connectivity index (χ4n) is 1.23. The molecule has 0 unspecified atom stereocenters. The summed E-state index contributed by atoms with van der Waals surface area (Å²) in [7, 11) is 3.84. The predicted octanol–water partition coefficient (Wildman–Crippen LogP) is 3.11. The lowest BCUT2D eigenvalue weighted by Gasteiger charge is -2.11. The molecule has 1 heterocycles. The van der Waals surface area contributed by atoms with Crippen LogP contribution in [-0.2, 0) is 0 Å². The lowest BCUT2D eigenvalue weighted by molar-refractivity contribution is 1.06. The highest BCUT2D eigenvalue weighted by Crippen LogP contribution is 2.29. The molecule has 0 bridgehead atoms. The molecular formula is C10H9BrClN3. The predicted molar refractivity (Wildman–Crippen MR) is 66.6 cm³/mol. The van der Waals surface area contributed by atoms with Crippen LogP contribution in [0.25, 0.3) is 11.0 Å². The smallest absolute Gasteiger partial charge is 0.147 e. The SMILES string of the molecule is CN(C)c1cnc2ccc(Br)c(Cl)c2n1. The standard InChI is InChI=1S/C10H9BrClN3/c1-15(2)8-5-13-7-4-3-6(11)9(12)10(7)14-8/h3-5H,1-2H3. The number of anilines is 1. The minimum absolute atomic E-state index is 0.601. The van der Waals surface area contributed by atoms with E-state index in [0.717, 1.165) is 21.3 Å². The maximum absolute atomic E-state index is 6.13. The molecule has 2 rings (SSSR count). The Kier molecular flexibility index (Phi) is 2.80. The van der Waals surface area contributed by atoms with Crippen LogP contribution in [0, 0.1) is 0 Å². The van der Waals surface area contributed by atoms with Gasteiger partial charge < -0.3 is 4.90 Å². The summed E-state index contributed by atoms with van der Waals surface area (Å²) in [5, 5.41) is 0.601. The molecule has 0 fully saturated rings. The normalized spacial score (nSPS) is 10.7. The van der Waals surface area contributed by atoms with Gasteiger partial charge in [-0.15, -0.1) is 0 Å². The maximum atomic E-state index is 6.13. The molecular weight excluding hydrogens is 277 g/mol. The van der Waals surface area contributed by atoms with E-state index in [-0.39, 0.29) is 0 Å². The Bertz CT molecular complexity index is 513. The first-order valence-electron chi connectivity index (χ1n) is 4.37. The van der Waals surface area contributed by atoms with Gasteiger partial charge in [-0.2, -0.15) is 0 Å². The molecule has 0 amide bonds. The van der Waals surface area contributed by atoms with Gasteiger partial charge in [0.1, 0.15) is 11.3 Å². The van der Waals surface area contributed by atoms with E-state index < -0.39 is 0 Å². The van der Waals surface area contributed by atoms with Crippen molar-refractivity contribution >= 4 is 44.4 Å². The first kappa shape index (κ1) is 10.6. The summed E-state index contributed by atoms with van der Waals surface area (Å²) < 4.78 is 0.835. The lowest BCUT2D eigenvalue weighted by Crippen LogP contribution is -2.10. The number of nitrogens with zero attached hydrogens (tertiary/aromatic N) is 3. The van der Waals surface area contributed by atoms with Crippen molar-refractivity contribution in [2.24, 2.45) is 0 Å². The second-order valence-corrected chi connectivity index (χ2v) is 4.58. The minimum Gasteiger partial charge on any atom is -0.361 e. The third-order valence-electron chi connectivity index (χ3n) is 2.05. The Hall–Kier alpha value is -0.870. The topological polar surface area (TPSA) is 29.0 Å². The number of hydrogen-bond acceptors (Lipinski definition) is 3. The summed E-state index contributed by atoms with van der Waals surface area (Å²) in [5.74, 6) is 0.794. The van der Waals surface area contributed by atoms with Crippen LogP contribution in [0.3, 0.4) is 0 Å². The molecule has 0 aliphatic rings. The molecule has 0 N–H and O–H groups in total. The summed E-state index contributed by atoms with van der Waals surface area (Å²) >= 11 is 9.50. The van der Waals surface area contributed by atoms with Crippen LogP contribution in [0.2, 0.25) is 5.02 Å². The molecule has 0 saturated carbocycles. The third kappa shape index (κ3) is 1.92. The van der Waals surface area contributed by atoms with Crippen LogP contribution < -0.4 is 4.90 Å². The quantitative estimate of drug-likeness (QED) is 0.806. The molecule has 0 radical (unpaired) electrons. The zero-order chi connectivity index (χ0) is 11.0. The van der Waals surface area contributed by atoms with Crippen LogP contribution in [0.5, 0.6) is 0 Å². The number of benzene rings is 1. The summed E-state index contributed by atoms with van der Waals surface area (Å²) in [6.07, 6.45) is 1.73. The molecule has 0 spiro atoms. The maximum Gasteiger partial charge on any atom is 0.147 e. The molecule has 0 aliphatic carbocycles. The number of aromatic nitrogens is 2.